The van der Waals surface area contributed by atoms with E-state index in [0.29, 0.717) is 5.92 Å². The van der Waals surface area contributed by atoms with Crippen molar-refractivity contribution in [2.24, 2.45) is 5.92 Å². The Morgan fingerprint density at radius 1 is 1.12 bits per heavy atom. The minimum atomic E-state index is -4.26. The second-order valence-corrected chi connectivity index (χ2v) is 4.59. The Kier molecular flexibility index (Phi) is 4.57. The Balaban J connectivity index is 2.85. The molecule has 0 heterocycles. The quantitative estimate of drug-likeness (QED) is 0.845. The van der Waals surface area contributed by atoms with Crippen LogP contribution >= 0.6 is 0 Å². The topological polar surface area (TPSA) is 12.0 Å². The van der Waals surface area contributed by atoms with Gasteiger partial charge in [-0.25, -0.2) is 0 Å². The van der Waals surface area contributed by atoms with Crippen LogP contribution in [0.4, 0.5) is 13.2 Å². The average molecular weight is 245 g/mol. The molecule has 0 radical (unpaired) electrons. The highest BCUT2D eigenvalue weighted by atomic mass is 19.4. The molecule has 1 nitrogen and oxygen atoms in total. The zero-order valence-electron chi connectivity index (χ0n) is 10.3. The highest BCUT2D eigenvalue weighted by Crippen LogP contribution is 2.30. The summed E-state index contributed by atoms with van der Waals surface area (Å²) in [5, 5.41) is 3.13. The number of alkyl halides is 3. The van der Waals surface area contributed by atoms with E-state index in [2.05, 4.69) is 19.2 Å². The van der Waals surface area contributed by atoms with Gasteiger partial charge in [0.05, 0.1) is 5.56 Å². The van der Waals surface area contributed by atoms with Crippen LogP contribution in [0.25, 0.3) is 0 Å². The molecule has 1 N–H and O–H groups in total. The standard InChI is InChI=1S/C13H18F3N/c1-9(2)8-12(17-3)10-4-6-11(7-5-10)13(14,15)16/h4-7,9,12,17H,8H2,1-3H3. The van der Waals surface area contributed by atoms with E-state index in [1.807, 2.05) is 7.05 Å². The fourth-order valence-corrected chi connectivity index (χ4v) is 1.80. The van der Waals surface area contributed by atoms with Crippen molar-refractivity contribution in [1.82, 2.24) is 5.32 Å². The molecule has 0 amide bonds. The molecule has 0 saturated carbocycles. The van der Waals surface area contributed by atoms with E-state index in [9.17, 15) is 13.2 Å². The number of nitrogens with one attached hydrogen (secondary N) is 1. The largest absolute Gasteiger partial charge is 0.416 e. The van der Waals surface area contributed by atoms with Gasteiger partial charge in [0.2, 0.25) is 0 Å². The summed E-state index contributed by atoms with van der Waals surface area (Å²) in [5.41, 5.74) is 0.301. The molecule has 0 aliphatic heterocycles. The molecule has 0 spiro atoms. The predicted octanol–water partition coefficient (Wildman–Crippen LogP) is 4.01. The number of halogens is 3. The van der Waals surface area contributed by atoms with Crippen LogP contribution in [0.15, 0.2) is 24.3 Å². The maximum Gasteiger partial charge on any atom is 0.416 e. The van der Waals surface area contributed by atoms with Crippen LogP contribution in [0.1, 0.15) is 37.4 Å². The summed E-state index contributed by atoms with van der Waals surface area (Å²) in [5.74, 6) is 0.495. The Labute approximate surface area is 100 Å². The van der Waals surface area contributed by atoms with Gasteiger partial charge in [-0.3, -0.25) is 0 Å². The molecule has 96 valence electrons. The van der Waals surface area contributed by atoms with Crippen molar-refractivity contribution in [3.63, 3.8) is 0 Å². The van der Waals surface area contributed by atoms with Gasteiger partial charge in [0.1, 0.15) is 0 Å². The number of benzene rings is 1. The Morgan fingerprint density at radius 2 is 1.65 bits per heavy atom. The minimum absolute atomic E-state index is 0.109. The van der Waals surface area contributed by atoms with Crippen molar-refractivity contribution >= 4 is 0 Å². The SMILES string of the molecule is CNC(CC(C)C)c1ccc(C(F)(F)F)cc1. The molecule has 0 aliphatic rings. The van der Waals surface area contributed by atoms with Crippen LogP contribution in [-0.4, -0.2) is 7.05 Å². The molecule has 1 aromatic rings. The molecule has 4 heteroatoms. The maximum atomic E-state index is 12.4. The Bertz CT molecular complexity index is 341. The van der Waals surface area contributed by atoms with E-state index in [1.54, 1.807) is 12.1 Å². The second-order valence-electron chi connectivity index (χ2n) is 4.59. The van der Waals surface area contributed by atoms with Crippen molar-refractivity contribution in [1.29, 1.82) is 0 Å². The molecule has 1 atom stereocenters. The van der Waals surface area contributed by atoms with Gasteiger partial charge in [0, 0.05) is 6.04 Å². The summed E-state index contributed by atoms with van der Waals surface area (Å²) in [6, 6.07) is 5.48. The molecule has 1 unspecified atom stereocenters. The highest BCUT2D eigenvalue weighted by Gasteiger charge is 2.30. The van der Waals surface area contributed by atoms with Crippen molar-refractivity contribution < 1.29 is 13.2 Å². The first-order valence-corrected chi connectivity index (χ1v) is 5.69. The van der Waals surface area contributed by atoms with Gasteiger partial charge in [0.25, 0.3) is 0 Å². The third-order valence-corrected chi connectivity index (χ3v) is 2.70. The van der Waals surface area contributed by atoms with E-state index in [0.717, 1.165) is 24.1 Å². The van der Waals surface area contributed by atoms with Crippen molar-refractivity contribution in [3.05, 3.63) is 35.4 Å². The Hall–Kier alpha value is -1.03. The molecule has 0 aliphatic carbocycles. The summed E-state index contributed by atoms with van der Waals surface area (Å²) in [7, 11) is 1.82. The summed E-state index contributed by atoms with van der Waals surface area (Å²) < 4.78 is 37.2. The lowest BCUT2D eigenvalue weighted by molar-refractivity contribution is -0.137. The molecule has 0 saturated heterocycles. The lowest BCUT2D eigenvalue weighted by atomic mass is 9.96. The van der Waals surface area contributed by atoms with E-state index in [-0.39, 0.29) is 6.04 Å². The lowest BCUT2D eigenvalue weighted by Crippen LogP contribution is -2.18. The number of rotatable bonds is 4. The van der Waals surface area contributed by atoms with Gasteiger partial charge >= 0.3 is 6.18 Å². The van der Waals surface area contributed by atoms with Crippen LogP contribution in [0, 0.1) is 5.92 Å². The van der Waals surface area contributed by atoms with Gasteiger partial charge in [-0.15, -0.1) is 0 Å². The van der Waals surface area contributed by atoms with E-state index in [1.165, 1.54) is 0 Å². The molecule has 17 heavy (non-hydrogen) atoms. The third-order valence-electron chi connectivity index (χ3n) is 2.70. The van der Waals surface area contributed by atoms with Crippen LogP contribution in [0.3, 0.4) is 0 Å². The monoisotopic (exact) mass is 245 g/mol. The van der Waals surface area contributed by atoms with Crippen molar-refractivity contribution in [2.45, 2.75) is 32.5 Å². The van der Waals surface area contributed by atoms with Crippen LogP contribution in [-0.2, 0) is 6.18 Å². The van der Waals surface area contributed by atoms with Gasteiger partial charge in [-0.1, -0.05) is 26.0 Å². The number of hydrogen-bond acceptors (Lipinski definition) is 1. The molecule has 0 bridgehead atoms. The molecule has 1 aromatic carbocycles. The first-order chi connectivity index (χ1) is 7.84. The lowest BCUT2D eigenvalue weighted by Gasteiger charge is -2.19. The Morgan fingerprint density at radius 3 is 2.00 bits per heavy atom. The fraction of sp³-hybridized carbons (Fsp3) is 0.538. The van der Waals surface area contributed by atoms with Crippen molar-refractivity contribution in [2.75, 3.05) is 7.05 Å². The summed E-state index contributed by atoms with van der Waals surface area (Å²) in [6.07, 6.45) is -3.35. The molecule has 0 aromatic heterocycles. The zero-order valence-corrected chi connectivity index (χ0v) is 10.3. The summed E-state index contributed by atoms with van der Waals surface area (Å²) in [6.45, 7) is 4.18. The smallest absolute Gasteiger partial charge is 0.313 e. The van der Waals surface area contributed by atoms with Crippen LogP contribution in [0.2, 0.25) is 0 Å². The normalized spacial score (nSPS) is 14.1. The van der Waals surface area contributed by atoms with E-state index < -0.39 is 11.7 Å². The second kappa shape index (κ2) is 5.54. The van der Waals surface area contributed by atoms with E-state index in [4.69, 9.17) is 0 Å². The average Bonchev–Trinajstić information content (AvgIpc) is 2.24. The zero-order chi connectivity index (χ0) is 13.1. The first kappa shape index (κ1) is 14.0. The van der Waals surface area contributed by atoms with Gasteiger partial charge in [-0.2, -0.15) is 13.2 Å². The van der Waals surface area contributed by atoms with Crippen molar-refractivity contribution in [3.8, 4) is 0 Å². The predicted molar refractivity (Wildman–Crippen MR) is 62.7 cm³/mol. The molecular formula is C13H18F3N. The van der Waals surface area contributed by atoms with Gasteiger partial charge < -0.3 is 5.32 Å². The molecular weight excluding hydrogens is 227 g/mol. The minimum Gasteiger partial charge on any atom is -0.313 e. The van der Waals surface area contributed by atoms with E-state index >= 15 is 0 Å². The molecule has 1 rings (SSSR count). The highest BCUT2D eigenvalue weighted by molar-refractivity contribution is 5.26. The first-order valence-electron chi connectivity index (χ1n) is 5.69. The summed E-state index contributed by atoms with van der Waals surface area (Å²) in [4.78, 5) is 0. The summed E-state index contributed by atoms with van der Waals surface area (Å²) >= 11 is 0. The number of hydrogen-bond donors (Lipinski definition) is 1. The van der Waals surface area contributed by atoms with Crippen LogP contribution in [0.5, 0.6) is 0 Å². The molecule has 0 fully saturated rings. The van der Waals surface area contributed by atoms with Gasteiger partial charge in [0.15, 0.2) is 0 Å². The maximum absolute atomic E-state index is 12.4. The van der Waals surface area contributed by atoms with Crippen LogP contribution < -0.4 is 5.32 Å². The fourth-order valence-electron chi connectivity index (χ4n) is 1.80. The third kappa shape index (κ3) is 4.04. The van der Waals surface area contributed by atoms with Gasteiger partial charge in [-0.05, 0) is 37.1 Å².